The van der Waals surface area contributed by atoms with E-state index in [4.69, 9.17) is 0 Å². The molecule has 3 heterocycles. The predicted octanol–water partition coefficient (Wildman–Crippen LogP) is 1.61. The molecule has 8 heteroatoms. The molecule has 2 aromatic rings. The Labute approximate surface area is 145 Å². The molecule has 2 aliphatic rings. The molecule has 0 atom stereocenters. The highest BCUT2D eigenvalue weighted by Gasteiger charge is 2.22. The van der Waals surface area contributed by atoms with Gasteiger partial charge in [-0.1, -0.05) is 6.07 Å². The summed E-state index contributed by atoms with van der Waals surface area (Å²) in [5.74, 6) is -0.235. The molecule has 0 spiro atoms. The van der Waals surface area contributed by atoms with Crippen LogP contribution in [0.25, 0.3) is 0 Å². The Morgan fingerprint density at radius 3 is 2.96 bits per heavy atom. The van der Waals surface area contributed by atoms with Gasteiger partial charge in [0.2, 0.25) is 5.91 Å². The van der Waals surface area contributed by atoms with E-state index in [1.807, 2.05) is 12.1 Å². The van der Waals surface area contributed by atoms with Crippen molar-refractivity contribution in [1.82, 2.24) is 15.5 Å². The number of H-pyrrole nitrogens is 1. The van der Waals surface area contributed by atoms with Gasteiger partial charge in [-0.15, -0.1) is 12.4 Å². The molecular formula is C16H18ClN5O2. The molecule has 2 amide bonds. The zero-order valence-electron chi connectivity index (χ0n) is 12.9. The van der Waals surface area contributed by atoms with E-state index >= 15 is 0 Å². The number of hydrogen-bond donors (Lipinski definition) is 4. The van der Waals surface area contributed by atoms with Crippen molar-refractivity contribution in [3.05, 3.63) is 40.7 Å². The minimum absolute atomic E-state index is 0. The van der Waals surface area contributed by atoms with E-state index in [1.165, 1.54) is 0 Å². The van der Waals surface area contributed by atoms with Gasteiger partial charge in [-0.2, -0.15) is 5.10 Å². The molecule has 0 radical (unpaired) electrons. The van der Waals surface area contributed by atoms with Gasteiger partial charge in [0.1, 0.15) is 0 Å². The smallest absolute Gasteiger partial charge is 0.276 e. The maximum Gasteiger partial charge on any atom is 0.276 e. The standard InChI is InChI=1S/C16H17N5O2.ClH/c22-14-4-2-9-1-3-10(7-13(9)19-14)18-16(23)15-11-8-17-6-5-12(11)20-21-15;/h1,3,7,17H,2,4-6,8H2,(H,18,23)(H,19,22)(H,20,21);1H. The number of benzene rings is 1. The molecule has 2 aliphatic heterocycles. The fourth-order valence-electron chi connectivity index (χ4n) is 3.05. The second kappa shape index (κ2) is 6.62. The number of aryl methyl sites for hydroxylation is 1. The van der Waals surface area contributed by atoms with Gasteiger partial charge in [-0.05, 0) is 24.1 Å². The molecule has 0 saturated heterocycles. The number of amides is 2. The van der Waals surface area contributed by atoms with Crippen LogP contribution in [0.15, 0.2) is 18.2 Å². The summed E-state index contributed by atoms with van der Waals surface area (Å²) in [4.78, 5) is 24.0. The molecule has 4 N–H and O–H groups in total. The Kier molecular flexibility index (Phi) is 4.55. The maximum absolute atomic E-state index is 12.5. The number of nitrogens with one attached hydrogen (secondary N) is 4. The first-order valence-corrected chi connectivity index (χ1v) is 7.71. The number of fused-ring (bicyclic) bond motifs is 2. The lowest BCUT2D eigenvalue weighted by Crippen LogP contribution is -2.25. The number of halogens is 1. The van der Waals surface area contributed by atoms with Crippen LogP contribution >= 0.6 is 12.4 Å². The van der Waals surface area contributed by atoms with Crippen LogP contribution in [0.2, 0.25) is 0 Å². The van der Waals surface area contributed by atoms with Crippen molar-refractivity contribution in [2.45, 2.75) is 25.8 Å². The number of nitrogens with zero attached hydrogens (tertiary/aromatic N) is 1. The largest absolute Gasteiger partial charge is 0.326 e. The van der Waals surface area contributed by atoms with Gasteiger partial charge < -0.3 is 16.0 Å². The lowest BCUT2D eigenvalue weighted by Gasteiger charge is -2.18. The lowest BCUT2D eigenvalue weighted by atomic mass is 10.0. The zero-order chi connectivity index (χ0) is 15.8. The number of hydrogen-bond acceptors (Lipinski definition) is 4. The molecular weight excluding hydrogens is 330 g/mol. The van der Waals surface area contributed by atoms with Crippen LogP contribution in [0.4, 0.5) is 11.4 Å². The third-order valence-corrected chi connectivity index (χ3v) is 4.28. The van der Waals surface area contributed by atoms with Crippen molar-refractivity contribution in [3.63, 3.8) is 0 Å². The van der Waals surface area contributed by atoms with Gasteiger partial charge in [0, 0.05) is 48.6 Å². The molecule has 1 aromatic carbocycles. The van der Waals surface area contributed by atoms with Crippen LogP contribution in [0.5, 0.6) is 0 Å². The van der Waals surface area contributed by atoms with Crippen LogP contribution in [-0.2, 0) is 24.2 Å². The Morgan fingerprint density at radius 1 is 1.21 bits per heavy atom. The van der Waals surface area contributed by atoms with E-state index in [0.717, 1.165) is 41.9 Å². The quantitative estimate of drug-likeness (QED) is 0.663. The van der Waals surface area contributed by atoms with Gasteiger partial charge in [-0.3, -0.25) is 14.7 Å². The Balaban J connectivity index is 0.00000169. The number of anilines is 2. The number of aromatic amines is 1. The van der Waals surface area contributed by atoms with Crippen LogP contribution in [-0.4, -0.2) is 28.6 Å². The number of carbonyl (C=O) groups is 2. The van der Waals surface area contributed by atoms with Crippen molar-refractivity contribution in [2.24, 2.45) is 0 Å². The molecule has 0 fully saturated rings. The topological polar surface area (TPSA) is 98.9 Å². The highest BCUT2D eigenvalue weighted by Crippen LogP contribution is 2.26. The fourth-order valence-corrected chi connectivity index (χ4v) is 3.05. The highest BCUT2D eigenvalue weighted by atomic mass is 35.5. The second-order valence-corrected chi connectivity index (χ2v) is 5.83. The van der Waals surface area contributed by atoms with E-state index in [2.05, 4.69) is 26.1 Å². The summed E-state index contributed by atoms with van der Waals surface area (Å²) in [6, 6.07) is 5.58. The molecule has 126 valence electrons. The van der Waals surface area contributed by atoms with E-state index < -0.39 is 0 Å². The Hall–Kier alpha value is -2.38. The second-order valence-electron chi connectivity index (χ2n) is 5.83. The van der Waals surface area contributed by atoms with E-state index in [9.17, 15) is 9.59 Å². The molecule has 24 heavy (non-hydrogen) atoms. The third-order valence-electron chi connectivity index (χ3n) is 4.28. The van der Waals surface area contributed by atoms with Gasteiger partial charge in [-0.25, -0.2) is 0 Å². The van der Waals surface area contributed by atoms with E-state index in [1.54, 1.807) is 6.07 Å². The van der Waals surface area contributed by atoms with Crippen molar-refractivity contribution in [3.8, 4) is 0 Å². The number of rotatable bonds is 2. The highest BCUT2D eigenvalue weighted by molar-refractivity contribution is 6.04. The van der Waals surface area contributed by atoms with Gasteiger partial charge in [0.05, 0.1) is 0 Å². The van der Waals surface area contributed by atoms with Gasteiger partial charge >= 0.3 is 0 Å². The van der Waals surface area contributed by atoms with Gasteiger partial charge in [0.25, 0.3) is 5.91 Å². The Bertz CT molecular complexity index is 802. The Morgan fingerprint density at radius 2 is 2.08 bits per heavy atom. The first-order valence-electron chi connectivity index (χ1n) is 7.71. The third kappa shape index (κ3) is 3.00. The van der Waals surface area contributed by atoms with Crippen molar-refractivity contribution < 1.29 is 9.59 Å². The summed E-state index contributed by atoms with van der Waals surface area (Å²) in [7, 11) is 0. The first-order chi connectivity index (χ1) is 11.2. The van der Waals surface area contributed by atoms with Crippen molar-refractivity contribution in [1.29, 1.82) is 0 Å². The molecule has 4 rings (SSSR count). The average molecular weight is 348 g/mol. The number of aromatic nitrogens is 2. The molecule has 7 nitrogen and oxygen atoms in total. The molecule has 0 saturated carbocycles. The average Bonchev–Trinajstić information content (AvgIpc) is 2.98. The molecule has 0 aliphatic carbocycles. The molecule has 0 bridgehead atoms. The molecule has 1 aromatic heterocycles. The molecule has 0 unspecified atom stereocenters. The normalized spacial score (nSPS) is 15.6. The lowest BCUT2D eigenvalue weighted by molar-refractivity contribution is -0.116. The summed E-state index contributed by atoms with van der Waals surface area (Å²) in [6.07, 6.45) is 2.08. The van der Waals surface area contributed by atoms with E-state index in [0.29, 0.717) is 24.3 Å². The summed E-state index contributed by atoms with van der Waals surface area (Å²) in [6.45, 7) is 1.54. The van der Waals surface area contributed by atoms with Crippen LogP contribution in [0.1, 0.15) is 33.7 Å². The first kappa shape index (κ1) is 16.5. The summed E-state index contributed by atoms with van der Waals surface area (Å²) in [5.41, 5.74) is 4.88. The summed E-state index contributed by atoms with van der Waals surface area (Å²) in [5, 5.41) is 16.0. The van der Waals surface area contributed by atoms with E-state index in [-0.39, 0.29) is 24.2 Å². The fraction of sp³-hybridized carbons (Fsp3) is 0.312. The van der Waals surface area contributed by atoms with Crippen LogP contribution < -0.4 is 16.0 Å². The van der Waals surface area contributed by atoms with Crippen molar-refractivity contribution >= 4 is 35.6 Å². The number of carbonyl (C=O) groups excluding carboxylic acids is 2. The van der Waals surface area contributed by atoms with Gasteiger partial charge in [0.15, 0.2) is 5.69 Å². The minimum atomic E-state index is -0.242. The maximum atomic E-state index is 12.5. The minimum Gasteiger partial charge on any atom is -0.326 e. The van der Waals surface area contributed by atoms with Crippen LogP contribution in [0, 0.1) is 0 Å². The monoisotopic (exact) mass is 347 g/mol. The summed E-state index contributed by atoms with van der Waals surface area (Å²) >= 11 is 0. The van der Waals surface area contributed by atoms with Crippen molar-refractivity contribution in [2.75, 3.05) is 17.2 Å². The SMILES string of the molecule is Cl.O=C1CCc2ccc(NC(=O)c3n[nH]c4c3CNCC4)cc2N1. The summed E-state index contributed by atoms with van der Waals surface area (Å²) < 4.78 is 0. The predicted molar refractivity (Wildman–Crippen MR) is 92.6 cm³/mol. The van der Waals surface area contributed by atoms with Crippen LogP contribution in [0.3, 0.4) is 0 Å². The zero-order valence-corrected chi connectivity index (χ0v) is 13.8.